The van der Waals surface area contributed by atoms with E-state index in [1.54, 1.807) is 0 Å². The highest BCUT2D eigenvalue weighted by molar-refractivity contribution is 4.63. The normalized spacial score (nSPS) is 13.0. The summed E-state index contributed by atoms with van der Waals surface area (Å²) in [5, 5.41) is 0. The van der Waals surface area contributed by atoms with Gasteiger partial charge in [0.15, 0.2) is 0 Å². The number of hydrogen-bond donors (Lipinski definition) is 0. The fourth-order valence-corrected chi connectivity index (χ4v) is 1.84. The molecule has 0 aromatic heterocycles. The fraction of sp³-hybridized carbons (Fsp3) is 1.00. The molecule has 0 N–H and O–H groups in total. The van der Waals surface area contributed by atoms with Crippen LogP contribution in [-0.4, -0.2) is 0 Å². The summed E-state index contributed by atoms with van der Waals surface area (Å²) in [7, 11) is 0. The molecule has 3 rings (SSSR count). The molecule has 3 fully saturated rings. The zero-order chi connectivity index (χ0) is 25.1. The predicted molar refractivity (Wildman–Crippen MR) is 175 cm³/mol. The van der Waals surface area contributed by atoms with Gasteiger partial charge in [0.2, 0.25) is 0 Å². The molecule has 0 bridgehead atoms. The summed E-state index contributed by atoms with van der Waals surface area (Å²) < 4.78 is 0. The molecular weight excluding hydrogens is 396 g/mol. The lowest BCUT2D eigenvalue weighted by atomic mass is 9.88. The van der Waals surface area contributed by atoms with Gasteiger partial charge < -0.3 is 0 Å². The van der Waals surface area contributed by atoms with Crippen molar-refractivity contribution in [2.24, 2.45) is 17.8 Å². The smallest absolute Gasteiger partial charge is 0.0443 e. The Morgan fingerprint density at radius 3 is 0.333 bits per heavy atom. The minimum absolute atomic E-state index is 0. The van der Waals surface area contributed by atoms with Crippen LogP contribution in [0, 0.1) is 17.8 Å². The lowest BCUT2D eigenvalue weighted by Crippen LogP contribution is -2.04. The Morgan fingerprint density at radius 1 is 0.273 bits per heavy atom. The van der Waals surface area contributed by atoms with Gasteiger partial charge in [0.1, 0.15) is 0 Å². The van der Waals surface area contributed by atoms with Crippen molar-refractivity contribution in [2.45, 2.75) is 205 Å². The van der Waals surface area contributed by atoms with E-state index in [0.29, 0.717) is 0 Å². The molecule has 3 aliphatic carbocycles. The Morgan fingerprint density at radius 2 is 0.333 bits per heavy atom. The molecule has 0 spiro atoms. The van der Waals surface area contributed by atoms with Crippen molar-refractivity contribution in [1.82, 2.24) is 0 Å². The zero-order valence-corrected chi connectivity index (χ0v) is 25.1. The first-order valence-corrected chi connectivity index (χ1v) is 14.2. The third-order valence-electron chi connectivity index (χ3n) is 4.18. The van der Waals surface area contributed by atoms with Gasteiger partial charge in [-0.3, -0.25) is 0 Å². The summed E-state index contributed by atoms with van der Waals surface area (Å²) in [5.74, 6) is 3.19. The lowest BCUT2D eigenvalue weighted by molar-refractivity contribution is 0.346. The minimum Gasteiger partial charge on any atom is -0.0776 e. The van der Waals surface area contributed by atoms with Crippen LogP contribution in [0.15, 0.2) is 0 Å². The van der Waals surface area contributed by atoms with Crippen LogP contribution in [0.1, 0.15) is 205 Å². The van der Waals surface area contributed by atoms with Gasteiger partial charge in [0, 0.05) is 0 Å². The molecule has 0 radical (unpaired) electrons. The molecule has 3 aliphatic rings. The average molecular weight is 485 g/mol. The molecular formula is C33H88. The van der Waals surface area contributed by atoms with Crippen LogP contribution in [0.4, 0.5) is 0 Å². The summed E-state index contributed by atoms with van der Waals surface area (Å²) in [5.41, 5.74) is 0. The molecule has 0 unspecified atom stereocenters. The monoisotopic (exact) mass is 485 g/mol. The molecule has 0 heterocycles. The van der Waals surface area contributed by atoms with Gasteiger partial charge >= 0.3 is 0 Å². The molecule has 220 valence electrons. The Hall–Kier alpha value is 0. The standard InChI is InChI=1S/3C5H10.7C2H6.4CH4/c3*1-5-3-2-4-5;7*1-2;;;;/h3*5H,2-4H2,1H3;7*1-2H3;4*1H4. The van der Waals surface area contributed by atoms with Crippen LogP contribution >= 0.6 is 0 Å². The Bertz CT molecular complexity index is 110. The van der Waals surface area contributed by atoms with E-state index in [-0.39, 0.29) is 29.7 Å². The highest BCUT2D eigenvalue weighted by Crippen LogP contribution is 2.25. The maximum absolute atomic E-state index is 2.31. The highest BCUT2D eigenvalue weighted by atomic mass is 14.2. The van der Waals surface area contributed by atoms with Crippen molar-refractivity contribution in [2.75, 3.05) is 0 Å². The second kappa shape index (κ2) is 94.9. The largest absolute Gasteiger partial charge is 0.0776 e. The Kier molecular flexibility index (Phi) is 201. The van der Waals surface area contributed by atoms with E-state index in [0.717, 1.165) is 17.8 Å². The summed E-state index contributed by atoms with van der Waals surface area (Å²) in [6.45, 7) is 34.9. The molecule has 3 saturated carbocycles. The fourth-order valence-electron chi connectivity index (χ4n) is 1.84. The Balaban J connectivity index is -0.0000000186. The van der Waals surface area contributed by atoms with Crippen molar-refractivity contribution in [3.05, 3.63) is 0 Å². The highest BCUT2D eigenvalue weighted by Gasteiger charge is 2.10. The lowest BCUT2D eigenvalue weighted by Gasteiger charge is -2.18. The maximum atomic E-state index is 2.31. The molecule has 0 heteroatoms. The molecule has 0 aliphatic heterocycles. The third-order valence-corrected chi connectivity index (χ3v) is 4.18. The van der Waals surface area contributed by atoms with Gasteiger partial charge in [-0.2, -0.15) is 0 Å². The molecule has 0 amide bonds. The molecule has 0 saturated heterocycles. The van der Waals surface area contributed by atoms with Gasteiger partial charge in [-0.25, -0.2) is 0 Å². The summed E-state index contributed by atoms with van der Waals surface area (Å²) >= 11 is 0. The quantitative estimate of drug-likeness (QED) is 0.320. The SMILES string of the molecule is C.C.C.C.CC.CC.CC.CC.CC.CC.CC.CC1CCC1.CC1CCC1.CC1CCC1. The Labute approximate surface area is 222 Å². The van der Waals surface area contributed by atoms with Crippen molar-refractivity contribution < 1.29 is 0 Å². The number of rotatable bonds is 0. The van der Waals surface area contributed by atoms with Crippen molar-refractivity contribution in [3.63, 3.8) is 0 Å². The minimum atomic E-state index is 0. The first-order chi connectivity index (χ1) is 14.2. The van der Waals surface area contributed by atoms with Crippen molar-refractivity contribution in [3.8, 4) is 0 Å². The molecule has 0 atom stereocenters. The molecule has 0 aromatic rings. The zero-order valence-electron chi connectivity index (χ0n) is 25.1. The van der Waals surface area contributed by atoms with E-state index in [1.165, 1.54) is 57.8 Å². The van der Waals surface area contributed by atoms with E-state index >= 15 is 0 Å². The predicted octanol–water partition coefficient (Wildman–Crippen LogP) is 15.1. The third kappa shape index (κ3) is 88.9. The van der Waals surface area contributed by atoms with Gasteiger partial charge in [0.05, 0.1) is 0 Å². The summed E-state index contributed by atoms with van der Waals surface area (Å²) in [4.78, 5) is 0. The molecule has 0 aromatic carbocycles. The van der Waals surface area contributed by atoms with Gasteiger partial charge in [0.25, 0.3) is 0 Å². The van der Waals surface area contributed by atoms with Crippen LogP contribution in [-0.2, 0) is 0 Å². The summed E-state index contributed by atoms with van der Waals surface area (Å²) in [6, 6.07) is 0. The van der Waals surface area contributed by atoms with E-state index in [2.05, 4.69) is 20.8 Å². The van der Waals surface area contributed by atoms with Crippen molar-refractivity contribution in [1.29, 1.82) is 0 Å². The topological polar surface area (TPSA) is 0 Å². The van der Waals surface area contributed by atoms with E-state index in [4.69, 9.17) is 0 Å². The second-order valence-electron chi connectivity index (χ2n) is 6.11. The van der Waals surface area contributed by atoms with Crippen LogP contribution in [0.3, 0.4) is 0 Å². The van der Waals surface area contributed by atoms with Crippen LogP contribution in [0.5, 0.6) is 0 Å². The van der Waals surface area contributed by atoms with Crippen LogP contribution in [0.25, 0.3) is 0 Å². The first kappa shape index (κ1) is 69.8. The van der Waals surface area contributed by atoms with Gasteiger partial charge in [-0.15, -0.1) is 0 Å². The van der Waals surface area contributed by atoms with E-state index < -0.39 is 0 Å². The van der Waals surface area contributed by atoms with Gasteiger partial charge in [-0.05, 0) is 17.8 Å². The van der Waals surface area contributed by atoms with Gasteiger partial charge in [-0.1, -0.05) is 205 Å². The molecule has 33 heavy (non-hydrogen) atoms. The number of hydrogen-bond acceptors (Lipinski definition) is 0. The summed E-state index contributed by atoms with van der Waals surface area (Å²) in [6.07, 6.45) is 13.4. The van der Waals surface area contributed by atoms with Crippen LogP contribution < -0.4 is 0 Å². The second-order valence-corrected chi connectivity index (χ2v) is 6.11. The molecule has 0 nitrogen and oxygen atoms in total. The van der Waals surface area contributed by atoms with E-state index in [9.17, 15) is 0 Å². The van der Waals surface area contributed by atoms with Crippen molar-refractivity contribution >= 4 is 0 Å². The first-order valence-electron chi connectivity index (χ1n) is 14.2. The maximum Gasteiger partial charge on any atom is -0.0443 e. The van der Waals surface area contributed by atoms with Crippen LogP contribution in [0.2, 0.25) is 0 Å². The van der Waals surface area contributed by atoms with E-state index in [1.807, 2.05) is 96.9 Å². The average Bonchev–Trinajstić information content (AvgIpc) is 2.80.